The summed E-state index contributed by atoms with van der Waals surface area (Å²) in [6.07, 6.45) is 9.77. The van der Waals surface area contributed by atoms with Gasteiger partial charge in [-0.2, -0.15) is 0 Å². The molecule has 0 spiro atoms. The van der Waals surface area contributed by atoms with Crippen LogP contribution in [0, 0.1) is 23.2 Å². The summed E-state index contributed by atoms with van der Waals surface area (Å²) in [4.78, 5) is 28.9. The Morgan fingerprint density at radius 3 is 1.92 bits per heavy atom. The summed E-state index contributed by atoms with van der Waals surface area (Å²) in [7, 11) is 1.55. The molecule has 5 heteroatoms. The van der Waals surface area contributed by atoms with E-state index in [1.54, 1.807) is 7.11 Å². The first kappa shape index (κ1) is 17.3. The molecule has 1 aliphatic heterocycles. The zero-order chi connectivity index (χ0) is 17.4. The lowest BCUT2D eigenvalue weighted by molar-refractivity contribution is -0.140. The quantitative estimate of drug-likeness (QED) is 0.783. The lowest BCUT2D eigenvalue weighted by atomic mass is 9.49. The Labute approximate surface area is 151 Å². The van der Waals surface area contributed by atoms with E-state index < -0.39 is 0 Å². The van der Waals surface area contributed by atoms with E-state index in [0.29, 0.717) is 24.4 Å². The maximum atomic E-state index is 13.0. The summed E-state index contributed by atoms with van der Waals surface area (Å²) in [5.74, 6) is 3.06. The van der Waals surface area contributed by atoms with Gasteiger partial charge < -0.3 is 14.5 Å². The van der Waals surface area contributed by atoms with Gasteiger partial charge in [0.15, 0.2) is 0 Å². The van der Waals surface area contributed by atoms with Crippen molar-refractivity contribution in [2.45, 2.75) is 51.4 Å². The highest BCUT2D eigenvalue weighted by molar-refractivity contribution is 5.79. The van der Waals surface area contributed by atoms with Crippen molar-refractivity contribution >= 4 is 11.8 Å². The van der Waals surface area contributed by atoms with Crippen LogP contribution in [0.15, 0.2) is 0 Å². The minimum atomic E-state index is 0.0397. The van der Waals surface area contributed by atoms with E-state index in [9.17, 15) is 9.59 Å². The van der Waals surface area contributed by atoms with Gasteiger partial charge in [0.2, 0.25) is 11.8 Å². The maximum absolute atomic E-state index is 13.0. The molecule has 0 unspecified atom stereocenters. The van der Waals surface area contributed by atoms with Gasteiger partial charge in [0, 0.05) is 39.7 Å². The number of amides is 2. The highest BCUT2D eigenvalue weighted by atomic mass is 16.5. The molecule has 0 radical (unpaired) electrons. The summed E-state index contributed by atoms with van der Waals surface area (Å²) < 4.78 is 4.96. The Kier molecular flexibility index (Phi) is 4.78. The zero-order valence-corrected chi connectivity index (χ0v) is 15.5. The molecule has 0 aromatic rings. The number of carbonyl (C=O) groups excluding carboxylic acids is 2. The molecule has 2 amide bonds. The maximum Gasteiger partial charge on any atom is 0.248 e. The molecule has 0 aromatic carbocycles. The molecule has 1 saturated heterocycles. The minimum Gasteiger partial charge on any atom is -0.375 e. The van der Waals surface area contributed by atoms with Gasteiger partial charge >= 0.3 is 0 Å². The zero-order valence-electron chi connectivity index (χ0n) is 15.5. The summed E-state index contributed by atoms with van der Waals surface area (Å²) in [5, 5.41) is 0. The molecule has 0 aromatic heterocycles. The predicted molar refractivity (Wildman–Crippen MR) is 94.9 cm³/mol. The Morgan fingerprint density at radius 1 is 0.880 bits per heavy atom. The molecular formula is C20H32N2O3. The largest absolute Gasteiger partial charge is 0.375 e. The lowest BCUT2D eigenvalue weighted by Crippen LogP contribution is -2.48. The third kappa shape index (κ3) is 3.57. The SMILES string of the molecule is COCC(=O)N1CCCN(C(=O)CC23CC4CC(CC(C4)C2)C3)CC1. The van der Waals surface area contributed by atoms with Crippen molar-refractivity contribution in [2.24, 2.45) is 23.2 Å². The van der Waals surface area contributed by atoms with Crippen LogP contribution in [0.1, 0.15) is 51.4 Å². The van der Waals surface area contributed by atoms with Crippen molar-refractivity contribution in [2.75, 3.05) is 39.9 Å². The van der Waals surface area contributed by atoms with E-state index in [1.807, 2.05) is 9.80 Å². The molecule has 5 aliphatic rings. The van der Waals surface area contributed by atoms with Crippen LogP contribution >= 0.6 is 0 Å². The third-order valence-electron chi connectivity index (χ3n) is 7.16. The second kappa shape index (κ2) is 6.90. The lowest BCUT2D eigenvalue weighted by Gasteiger charge is -2.57. The first-order valence-corrected chi connectivity index (χ1v) is 10.1. The van der Waals surface area contributed by atoms with E-state index >= 15 is 0 Å². The van der Waals surface area contributed by atoms with E-state index in [0.717, 1.165) is 43.7 Å². The highest BCUT2D eigenvalue weighted by Crippen LogP contribution is 2.61. The molecule has 0 atom stereocenters. The van der Waals surface area contributed by atoms with Gasteiger partial charge in [-0.05, 0) is 68.1 Å². The second-order valence-electron chi connectivity index (χ2n) is 9.14. The highest BCUT2D eigenvalue weighted by Gasteiger charge is 2.51. The normalized spacial score (nSPS) is 37.2. The van der Waals surface area contributed by atoms with Crippen LogP contribution in [0.4, 0.5) is 0 Å². The number of methoxy groups -OCH3 is 1. The van der Waals surface area contributed by atoms with Gasteiger partial charge in [0.05, 0.1) is 0 Å². The van der Waals surface area contributed by atoms with Gasteiger partial charge in [-0.25, -0.2) is 0 Å². The van der Waals surface area contributed by atoms with Gasteiger partial charge in [-0.15, -0.1) is 0 Å². The fourth-order valence-electron chi connectivity index (χ4n) is 6.57. The molecule has 140 valence electrons. The standard InChI is InChI=1S/C20H32N2O3/c1-25-14-19(24)22-4-2-3-21(5-6-22)18(23)13-20-10-15-7-16(11-20)9-17(8-15)12-20/h15-17H,2-14H2,1H3. The van der Waals surface area contributed by atoms with Crippen LogP contribution in [0.5, 0.6) is 0 Å². The van der Waals surface area contributed by atoms with Crippen LogP contribution in [-0.2, 0) is 14.3 Å². The smallest absolute Gasteiger partial charge is 0.248 e. The fourth-order valence-corrected chi connectivity index (χ4v) is 6.57. The first-order chi connectivity index (χ1) is 12.1. The van der Waals surface area contributed by atoms with Crippen molar-refractivity contribution < 1.29 is 14.3 Å². The molecule has 5 nitrogen and oxygen atoms in total. The summed E-state index contributed by atoms with van der Waals surface area (Å²) in [5.41, 5.74) is 0.309. The van der Waals surface area contributed by atoms with E-state index in [1.165, 1.54) is 38.5 Å². The number of carbonyl (C=O) groups is 2. The Morgan fingerprint density at radius 2 is 1.40 bits per heavy atom. The topological polar surface area (TPSA) is 49.9 Å². The number of nitrogens with zero attached hydrogens (tertiary/aromatic N) is 2. The summed E-state index contributed by atoms with van der Waals surface area (Å²) in [6.45, 7) is 3.00. The molecule has 0 N–H and O–H groups in total. The van der Waals surface area contributed by atoms with E-state index in [4.69, 9.17) is 4.74 Å². The molecule has 4 saturated carbocycles. The average Bonchev–Trinajstić information content (AvgIpc) is 2.79. The minimum absolute atomic E-state index is 0.0397. The number of hydrogen-bond donors (Lipinski definition) is 0. The van der Waals surface area contributed by atoms with E-state index in [2.05, 4.69) is 0 Å². The molecule has 5 fully saturated rings. The second-order valence-corrected chi connectivity index (χ2v) is 9.14. The van der Waals surface area contributed by atoms with Gasteiger partial charge in [0.1, 0.15) is 6.61 Å². The van der Waals surface area contributed by atoms with Crippen molar-refractivity contribution in [3.8, 4) is 0 Å². The van der Waals surface area contributed by atoms with Crippen molar-refractivity contribution in [1.82, 2.24) is 9.80 Å². The Bertz CT molecular complexity index is 498. The van der Waals surface area contributed by atoms with Crippen LogP contribution in [0.25, 0.3) is 0 Å². The van der Waals surface area contributed by atoms with Gasteiger partial charge in [0.25, 0.3) is 0 Å². The summed E-state index contributed by atoms with van der Waals surface area (Å²) >= 11 is 0. The average molecular weight is 348 g/mol. The predicted octanol–water partition coefficient (Wildman–Crippen LogP) is 2.30. The van der Waals surface area contributed by atoms with Crippen molar-refractivity contribution in [3.05, 3.63) is 0 Å². The molecule has 4 aliphatic carbocycles. The molecule has 4 bridgehead atoms. The molecule has 5 rings (SSSR count). The fraction of sp³-hybridized carbons (Fsp3) is 0.900. The number of hydrogen-bond acceptors (Lipinski definition) is 3. The first-order valence-electron chi connectivity index (χ1n) is 10.1. The monoisotopic (exact) mass is 348 g/mol. The van der Waals surface area contributed by atoms with E-state index in [-0.39, 0.29) is 12.5 Å². The van der Waals surface area contributed by atoms with Gasteiger partial charge in [-0.3, -0.25) is 9.59 Å². The van der Waals surface area contributed by atoms with Crippen LogP contribution < -0.4 is 0 Å². The van der Waals surface area contributed by atoms with Crippen LogP contribution in [-0.4, -0.2) is 61.5 Å². The Hall–Kier alpha value is -1.10. The van der Waals surface area contributed by atoms with Crippen LogP contribution in [0.2, 0.25) is 0 Å². The molecular weight excluding hydrogens is 316 g/mol. The number of ether oxygens (including phenoxy) is 1. The third-order valence-corrected chi connectivity index (χ3v) is 7.16. The van der Waals surface area contributed by atoms with Crippen LogP contribution in [0.3, 0.4) is 0 Å². The van der Waals surface area contributed by atoms with Crippen molar-refractivity contribution in [1.29, 1.82) is 0 Å². The van der Waals surface area contributed by atoms with Gasteiger partial charge in [-0.1, -0.05) is 0 Å². The van der Waals surface area contributed by atoms with Crippen molar-refractivity contribution in [3.63, 3.8) is 0 Å². The summed E-state index contributed by atoms with van der Waals surface area (Å²) in [6, 6.07) is 0. The molecule has 1 heterocycles. The molecule has 25 heavy (non-hydrogen) atoms. The Balaban J connectivity index is 1.35. The number of rotatable bonds is 4.